The molecule has 1 saturated carbocycles. The van der Waals surface area contributed by atoms with Gasteiger partial charge in [-0.1, -0.05) is 6.92 Å². The number of nitrogens with one attached hydrogen (secondary N) is 2. The van der Waals surface area contributed by atoms with Crippen LogP contribution in [0, 0.1) is 13.8 Å². The number of hydrogen-bond acceptors (Lipinski definition) is 5. The summed E-state index contributed by atoms with van der Waals surface area (Å²) < 4.78 is 1.80. The van der Waals surface area contributed by atoms with Gasteiger partial charge in [-0.05, 0) is 39.3 Å². The van der Waals surface area contributed by atoms with E-state index in [2.05, 4.69) is 20.6 Å². The molecule has 1 fully saturated rings. The van der Waals surface area contributed by atoms with Gasteiger partial charge in [-0.25, -0.2) is 0 Å². The number of carboxylic acids is 1. The number of carboxylic acid groups (broad SMARTS) is 1. The second-order valence-corrected chi connectivity index (χ2v) is 7.09. The molecule has 1 aliphatic carbocycles. The third kappa shape index (κ3) is 3.87. The van der Waals surface area contributed by atoms with Crippen LogP contribution >= 0.6 is 0 Å². The van der Waals surface area contributed by atoms with E-state index in [9.17, 15) is 9.59 Å². The van der Waals surface area contributed by atoms with E-state index in [4.69, 9.17) is 5.11 Å². The molecule has 0 saturated heterocycles. The van der Waals surface area contributed by atoms with Crippen molar-refractivity contribution in [3.63, 3.8) is 0 Å². The molecule has 0 atom stereocenters. The third-order valence-corrected chi connectivity index (χ3v) is 5.30. The van der Waals surface area contributed by atoms with Crippen LogP contribution in [0.15, 0.2) is 6.07 Å². The van der Waals surface area contributed by atoms with Crippen molar-refractivity contribution in [2.45, 2.75) is 45.7 Å². The molecule has 27 heavy (non-hydrogen) atoms. The topological polar surface area (TPSA) is 116 Å². The Hall–Kier alpha value is -2.68. The van der Waals surface area contributed by atoms with E-state index in [0.717, 1.165) is 29.8 Å². The van der Waals surface area contributed by atoms with Crippen LogP contribution in [0.5, 0.6) is 0 Å². The lowest BCUT2D eigenvalue weighted by Crippen LogP contribution is -2.54. The largest absolute Gasteiger partial charge is 0.480 e. The predicted molar refractivity (Wildman–Crippen MR) is 99.4 cm³/mol. The Morgan fingerprint density at radius 1 is 1.41 bits per heavy atom. The van der Waals surface area contributed by atoms with Gasteiger partial charge in [0.2, 0.25) is 0 Å². The highest BCUT2D eigenvalue weighted by molar-refractivity contribution is 5.93. The fraction of sp³-hybridized carbons (Fsp3) is 0.556. The lowest BCUT2D eigenvalue weighted by atomic mass is 9.85. The smallest absolute Gasteiger partial charge is 0.317 e. The summed E-state index contributed by atoms with van der Waals surface area (Å²) in [7, 11) is 1.88. The van der Waals surface area contributed by atoms with Crippen molar-refractivity contribution in [2.75, 3.05) is 13.1 Å². The summed E-state index contributed by atoms with van der Waals surface area (Å²) in [4.78, 5) is 25.3. The number of nitrogens with zero attached hydrogens (tertiary/aromatic N) is 4. The van der Waals surface area contributed by atoms with Crippen molar-refractivity contribution in [1.82, 2.24) is 30.2 Å². The van der Waals surface area contributed by atoms with Gasteiger partial charge < -0.3 is 10.4 Å². The van der Waals surface area contributed by atoms with Gasteiger partial charge in [-0.3, -0.25) is 24.3 Å². The number of carbonyl (C=O) groups is 2. The van der Waals surface area contributed by atoms with E-state index in [1.54, 1.807) is 10.7 Å². The van der Waals surface area contributed by atoms with E-state index in [1.165, 1.54) is 0 Å². The predicted octanol–water partition coefficient (Wildman–Crippen LogP) is 1.09. The van der Waals surface area contributed by atoms with Crippen LogP contribution in [0.2, 0.25) is 0 Å². The van der Waals surface area contributed by atoms with E-state index in [-0.39, 0.29) is 24.5 Å². The molecule has 0 aromatic carbocycles. The molecule has 1 aliphatic rings. The molecule has 2 heterocycles. The fourth-order valence-electron chi connectivity index (χ4n) is 3.65. The molecule has 2 aromatic heterocycles. The summed E-state index contributed by atoms with van der Waals surface area (Å²) >= 11 is 0. The Kier molecular flexibility index (Phi) is 5.31. The average Bonchev–Trinajstić information content (AvgIpc) is 3.13. The van der Waals surface area contributed by atoms with E-state index >= 15 is 0 Å². The van der Waals surface area contributed by atoms with Crippen LogP contribution < -0.4 is 5.32 Å². The Morgan fingerprint density at radius 2 is 2.11 bits per heavy atom. The highest BCUT2D eigenvalue weighted by Crippen LogP contribution is 2.27. The van der Waals surface area contributed by atoms with Crippen molar-refractivity contribution < 1.29 is 14.7 Å². The first-order chi connectivity index (χ1) is 12.8. The first kappa shape index (κ1) is 19.1. The average molecular weight is 374 g/mol. The van der Waals surface area contributed by atoms with Crippen LogP contribution in [0.4, 0.5) is 0 Å². The maximum Gasteiger partial charge on any atom is 0.317 e. The molecule has 9 heteroatoms. The van der Waals surface area contributed by atoms with Gasteiger partial charge in [0.25, 0.3) is 5.91 Å². The van der Waals surface area contributed by atoms with Crippen molar-refractivity contribution in [2.24, 2.45) is 7.05 Å². The fourth-order valence-corrected chi connectivity index (χ4v) is 3.65. The third-order valence-electron chi connectivity index (χ3n) is 5.30. The number of aryl methyl sites for hydroxylation is 2. The molecule has 2 aromatic rings. The van der Waals surface area contributed by atoms with Crippen molar-refractivity contribution in [3.8, 4) is 11.3 Å². The summed E-state index contributed by atoms with van der Waals surface area (Å²) in [5.74, 6) is -1.02. The number of hydrogen-bond donors (Lipinski definition) is 3. The SMILES string of the molecule is CCN(CC(=O)O)C1CC(NC(=O)c2cc(-c3c(C)nn(C)c3C)n[nH]2)C1. The molecule has 0 bridgehead atoms. The minimum absolute atomic E-state index is 0.0373. The second-order valence-electron chi connectivity index (χ2n) is 7.09. The number of aromatic amines is 1. The molecule has 9 nitrogen and oxygen atoms in total. The maximum absolute atomic E-state index is 12.5. The van der Waals surface area contributed by atoms with E-state index in [0.29, 0.717) is 17.9 Å². The summed E-state index contributed by atoms with van der Waals surface area (Å²) in [6.07, 6.45) is 1.52. The zero-order valence-corrected chi connectivity index (χ0v) is 16.1. The first-order valence-corrected chi connectivity index (χ1v) is 9.12. The van der Waals surface area contributed by atoms with Crippen LogP contribution in [0.3, 0.4) is 0 Å². The minimum Gasteiger partial charge on any atom is -0.480 e. The quantitative estimate of drug-likeness (QED) is 0.668. The van der Waals surface area contributed by atoms with Crippen LogP contribution in [0.1, 0.15) is 41.6 Å². The number of aromatic nitrogens is 4. The molecule has 1 amide bonds. The normalized spacial score (nSPS) is 19.1. The molecule has 0 unspecified atom stereocenters. The lowest BCUT2D eigenvalue weighted by molar-refractivity contribution is -0.139. The Bertz CT molecular complexity index is 849. The maximum atomic E-state index is 12.5. The van der Waals surface area contributed by atoms with Gasteiger partial charge in [0, 0.05) is 30.4 Å². The van der Waals surface area contributed by atoms with E-state index < -0.39 is 5.97 Å². The monoisotopic (exact) mass is 374 g/mol. The zero-order chi connectivity index (χ0) is 19.7. The highest BCUT2D eigenvalue weighted by Gasteiger charge is 2.35. The summed E-state index contributed by atoms with van der Waals surface area (Å²) in [5, 5.41) is 23.4. The Morgan fingerprint density at radius 3 is 2.67 bits per heavy atom. The zero-order valence-electron chi connectivity index (χ0n) is 16.1. The van der Waals surface area contributed by atoms with Crippen molar-refractivity contribution in [3.05, 3.63) is 23.1 Å². The second kappa shape index (κ2) is 7.51. The number of H-pyrrole nitrogens is 1. The molecule has 0 aliphatic heterocycles. The lowest BCUT2D eigenvalue weighted by Gasteiger charge is -2.42. The number of amides is 1. The standard InChI is InChI=1S/C18H26N6O3/c1-5-24(9-16(25)26)13-6-12(7-13)19-18(27)15-8-14(20-21-15)17-10(2)22-23(4)11(17)3/h8,12-13H,5-7,9H2,1-4H3,(H,19,27)(H,20,21)(H,25,26). The van der Waals surface area contributed by atoms with Gasteiger partial charge in [0.05, 0.1) is 17.9 Å². The molecule has 0 spiro atoms. The molecule has 3 rings (SSSR count). The number of carbonyl (C=O) groups excluding carboxylic acids is 1. The molecule has 0 radical (unpaired) electrons. The van der Waals surface area contributed by atoms with Gasteiger partial charge in [-0.15, -0.1) is 0 Å². The van der Waals surface area contributed by atoms with Crippen LogP contribution in [-0.2, 0) is 11.8 Å². The molecular formula is C18H26N6O3. The summed E-state index contributed by atoms with van der Waals surface area (Å²) in [6.45, 7) is 6.56. The number of rotatable bonds is 7. The van der Waals surface area contributed by atoms with Crippen LogP contribution in [0.25, 0.3) is 11.3 Å². The van der Waals surface area contributed by atoms with Crippen molar-refractivity contribution >= 4 is 11.9 Å². The summed E-state index contributed by atoms with van der Waals surface area (Å²) in [6, 6.07) is 2.00. The summed E-state index contributed by atoms with van der Waals surface area (Å²) in [5.41, 5.74) is 3.91. The van der Waals surface area contributed by atoms with Gasteiger partial charge in [-0.2, -0.15) is 10.2 Å². The van der Waals surface area contributed by atoms with Crippen molar-refractivity contribution in [1.29, 1.82) is 0 Å². The minimum atomic E-state index is -0.824. The Labute approximate surface area is 157 Å². The van der Waals surface area contributed by atoms with Gasteiger partial charge in [0.1, 0.15) is 5.69 Å². The number of likely N-dealkylation sites (N-methyl/N-ethyl adjacent to an activating group) is 1. The van der Waals surface area contributed by atoms with Gasteiger partial charge in [0.15, 0.2) is 0 Å². The van der Waals surface area contributed by atoms with E-state index in [1.807, 2.05) is 32.7 Å². The molecule has 146 valence electrons. The Balaban J connectivity index is 1.59. The molecule has 3 N–H and O–H groups in total. The van der Waals surface area contributed by atoms with Crippen LogP contribution in [-0.4, -0.2) is 67.0 Å². The number of aliphatic carboxylic acids is 1. The first-order valence-electron chi connectivity index (χ1n) is 9.12. The highest BCUT2D eigenvalue weighted by atomic mass is 16.4. The van der Waals surface area contributed by atoms with Gasteiger partial charge >= 0.3 is 5.97 Å². The molecular weight excluding hydrogens is 348 g/mol.